The molecule has 1 aromatic rings. The van der Waals surface area contributed by atoms with Crippen molar-refractivity contribution in [3.05, 3.63) is 29.3 Å². The number of halogens is 4. The van der Waals surface area contributed by atoms with Crippen LogP contribution in [0.5, 0.6) is 0 Å². The van der Waals surface area contributed by atoms with Crippen LogP contribution in [0, 0.1) is 6.92 Å². The lowest BCUT2D eigenvalue weighted by Crippen LogP contribution is -2.24. The molecule has 0 unspecified atom stereocenters. The maximum absolute atomic E-state index is 12.1. The molecule has 0 saturated carbocycles. The molecule has 0 fully saturated rings. The number of rotatable bonds is 4. The van der Waals surface area contributed by atoms with Gasteiger partial charge in [-0.1, -0.05) is 33.6 Å². The highest BCUT2D eigenvalue weighted by molar-refractivity contribution is 9.08. The van der Waals surface area contributed by atoms with Gasteiger partial charge in [0.2, 0.25) is 0 Å². The summed E-state index contributed by atoms with van der Waals surface area (Å²) in [6, 6.07) is 5.75. The Hall–Kier alpha value is -0.710. The molecule has 0 amide bonds. The van der Waals surface area contributed by atoms with E-state index in [1.807, 2.05) is 25.1 Å². The maximum Gasteiger partial charge on any atom is 0.390 e. The van der Waals surface area contributed by atoms with Crippen LogP contribution in [-0.4, -0.2) is 19.8 Å². The molecule has 0 spiro atoms. The molecule has 0 bridgehead atoms. The average Bonchev–Trinajstić information content (AvgIpc) is 2.24. The minimum atomic E-state index is -4.10. The number of hydrogen-bond donors (Lipinski definition) is 0. The Bertz CT molecular complexity index is 377. The zero-order valence-electron chi connectivity index (χ0n) is 9.81. The fourth-order valence-corrected chi connectivity index (χ4v) is 2.06. The van der Waals surface area contributed by atoms with E-state index in [4.69, 9.17) is 0 Å². The van der Waals surface area contributed by atoms with Crippen molar-refractivity contribution in [1.29, 1.82) is 0 Å². The highest BCUT2D eigenvalue weighted by atomic mass is 79.9. The SMILES string of the molecule is Cc1ccc(N(C)CCC(F)(F)F)c(CBr)c1. The van der Waals surface area contributed by atoms with Gasteiger partial charge >= 0.3 is 6.18 Å². The Labute approximate surface area is 108 Å². The fourth-order valence-electron chi connectivity index (χ4n) is 1.61. The van der Waals surface area contributed by atoms with E-state index in [1.165, 1.54) is 0 Å². The topological polar surface area (TPSA) is 3.24 Å². The van der Waals surface area contributed by atoms with Crippen LogP contribution in [0.4, 0.5) is 18.9 Å². The van der Waals surface area contributed by atoms with Crippen molar-refractivity contribution < 1.29 is 13.2 Å². The molecule has 96 valence electrons. The van der Waals surface area contributed by atoms with E-state index in [2.05, 4.69) is 15.9 Å². The largest absolute Gasteiger partial charge is 0.390 e. The standard InChI is InChI=1S/C12H15BrF3N/c1-9-3-4-11(10(7-9)8-13)17(2)6-5-12(14,15)16/h3-4,7H,5-6,8H2,1-2H3. The van der Waals surface area contributed by atoms with Gasteiger partial charge in [-0.15, -0.1) is 0 Å². The van der Waals surface area contributed by atoms with Crippen molar-refractivity contribution in [1.82, 2.24) is 0 Å². The van der Waals surface area contributed by atoms with Crippen LogP contribution in [0.1, 0.15) is 17.5 Å². The maximum atomic E-state index is 12.1. The zero-order valence-corrected chi connectivity index (χ0v) is 11.4. The van der Waals surface area contributed by atoms with Crippen LogP contribution in [0.2, 0.25) is 0 Å². The summed E-state index contributed by atoms with van der Waals surface area (Å²) in [6.45, 7) is 1.94. The van der Waals surface area contributed by atoms with Crippen molar-refractivity contribution >= 4 is 21.6 Å². The van der Waals surface area contributed by atoms with E-state index in [9.17, 15) is 13.2 Å². The first-order valence-corrected chi connectivity index (χ1v) is 6.39. The molecule has 5 heteroatoms. The molecule has 0 heterocycles. The van der Waals surface area contributed by atoms with Crippen molar-refractivity contribution in [2.24, 2.45) is 0 Å². The summed E-state index contributed by atoms with van der Waals surface area (Å²) in [5.74, 6) is 0. The van der Waals surface area contributed by atoms with Crippen molar-refractivity contribution in [2.45, 2.75) is 24.9 Å². The van der Waals surface area contributed by atoms with Crippen molar-refractivity contribution in [3.63, 3.8) is 0 Å². The third-order valence-corrected chi connectivity index (χ3v) is 3.13. The monoisotopic (exact) mass is 309 g/mol. The number of hydrogen-bond acceptors (Lipinski definition) is 1. The van der Waals surface area contributed by atoms with E-state index in [1.54, 1.807) is 11.9 Å². The highest BCUT2D eigenvalue weighted by Gasteiger charge is 2.27. The lowest BCUT2D eigenvalue weighted by molar-refractivity contribution is -0.132. The predicted molar refractivity (Wildman–Crippen MR) is 67.8 cm³/mol. The summed E-state index contributed by atoms with van der Waals surface area (Å²) in [5.41, 5.74) is 2.96. The van der Waals surface area contributed by atoms with Crippen LogP contribution in [0.25, 0.3) is 0 Å². The van der Waals surface area contributed by atoms with E-state index >= 15 is 0 Å². The van der Waals surface area contributed by atoms with Gasteiger partial charge in [0.05, 0.1) is 6.42 Å². The lowest BCUT2D eigenvalue weighted by atomic mass is 10.1. The molecule has 1 aromatic carbocycles. The molecule has 0 atom stereocenters. The summed E-state index contributed by atoms with van der Waals surface area (Å²) in [7, 11) is 1.68. The molecular weight excluding hydrogens is 295 g/mol. The summed E-state index contributed by atoms with van der Waals surface area (Å²) in [4.78, 5) is 1.64. The Morgan fingerprint density at radius 1 is 1.29 bits per heavy atom. The summed E-state index contributed by atoms with van der Waals surface area (Å²) < 4.78 is 36.4. The Balaban J connectivity index is 2.78. The number of nitrogens with zero attached hydrogens (tertiary/aromatic N) is 1. The molecule has 1 nitrogen and oxygen atoms in total. The second kappa shape index (κ2) is 5.76. The van der Waals surface area contributed by atoms with Crippen LogP contribution < -0.4 is 4.90 Å². The summed E-state index contributed by atoms with van der Waals surface area (Å²) >= 11 is 3.35. The van der Waals surface area contributed by atoms with Crippen LogP contribution in [-0.2, 0) is 5.33 Å². The average molecular weight is 310 g/mol. The molecule has 17 heavy (non-hydrogen) atoms. The van der Waals surface area contributed by atoms with Crippen LogP contribution >= 0.6 is 15.9 Å². The van der Waals surface area contributed by atoms with Crippen molar-refractivity contribution in [3.8, 4) is 0 Å². The van der Waals surface area contributed by atoms with Gasteiger partial charge in [0.1, 0.15) is 0 Å². The fraction of sp³-hybridized carbons (Fsp3) is 0.500. The van der Waals surface area contributed by atoms with Gasteiger partial charge in [0.15, 0.2) is 0 Å². The zero-order chi connectivity index (χ0) is 13.1. The third kappa shape index (κ3) is 4.58. The number of aryl methyl sites for hydroxylation is 1. The molecule has 0 saturated heterocycles. The van der Waals surface area contributed by atoms with Crippen molar-refractivity contribution in [2.75, 3.05) is 18.5 Å². The Kier molecular flexibility index (Phi) is 4.86. The van der Waals surface area contributed by atoms with Gasteiger partial charge in [-0.2, -0.15) is 13.2 Å². The van der Waals surface area contributed by atoms with E-state index in [-0.39, 0.29) is 6.54 Å². The second-order valence-corrected chi connectivity index (χ2v) is 4.61. The molecule has 0 aliphatic rings. The molecule has 0 aliphatic carbocycles. The predicted octanol–water partition coefficient (Wildman–Crippen LogP) is 4.28. The normalized spacial score (nSPS) is 11.6. The van der Waals surface area contributed by atoms with Gasteiger partial charge in [-0.25, -0.2) is 0 Å². The van der Waals surface area contributed by atoms with Crippen LogP contribution in [0.3, 0.4) is 0 Å². The van der Waals surface area contributed by atoms with E-state index < -0.39 is 12.6 Å². The minimum absolute atomic E-state index is 0.0213. The second-order valence-electron chi connectivity index (χ2n) is 4.05. The molecule has 0 aromatic heterocycles. The molecule has 0 aliphatic heterocycles. The molecule has 1 rings (SSSR count). The smallest absolute Gasteiger partial charge is 0.374 e. The Morgan fingerprint density at radius 2 is 1.94 bits per heavy atom. The minimum Gasteiger partial charge on any atom is -0.374 e. The van der Waals surface area contributed by atoms with Gasteiger partial charge in [0, 0.05) is 24.6 Å². The first-order valence-electron chi connectivity index (χ1n) is 5.27. The lowest BCUT2D eigenvalue weighted by Gasteiger charge is -2.23. The summed E-state index contributed by atoms with van der Waals surface area (Å²) in [5, 5.41) is 0.639. The van der Waals surface area contributed by atoms with Crippen LogP contribution in [0.15, 0.2) is 18.2 Å². The Morgan fingerprint density at radius 3 is 2.47 bits per heavy atom. The first-order chi connectivity index (χ1) is 7.83. The van der Waals surface area contributed by atoms with Gasteiger partial charge in [-0.05, 0) is 18.6 Å². The highest BCUT2D eigenvalue weighted by Crippen LogP contribution is 2.26. The number of benzene rings is 1. The van der Waals surface area contributed by atoms with Gasteiger partial charge in [0.25, 0.3) is 0 Å². The van der Waals surface area contributed by atoms with E-state index in [0.29, 0.717) is 5.33 Å². The number of anilines is 1. The summed E-state index contributed by atoms with van der Waals surface area (Å²) in [6.07, 6.45) is -4.90. The molecular formula is C12H15BrF3N. The molecule has 0 N–H and O–H groups in total. The quantitative estimate of drug-likeness (QED) is 0.750. The van der Waals surface area contributed by atoms with E-state index in [0.717, 1.165) is 16.8 Å². The first kappa shape index (κ1) is 14.4. The van der Waals surface area contributed by atoms with Gasteiger partial charge < -0.3 is 4.90 Å². The number of alkyl halides is 4. The molecule has 0 radical (unpaired) electrons. The third-order valence-electron chi connectivity index (χ3n) is 2.52. The van der Waals surface area contributed by atoms with Gasteiger partial charge in [-0.3, -0.25) is 0 Å².